The zero-order valence-electron chi connectivity index (χ0n) is 16.0. The average molecular weight is 416 g/mol. The van der Waals surface area contributed by atoms with Crippen molar-refractivity contribution in [3.8, 4) is 11.4 Å². The summed E-state index contributed by atoms with van der Waals surface area (Å²) in [7, 11) is 1.63. The number of aromatic nitrogens is 2. The molecular weight excluding hydrogens is 394 g/mol. The number of nitrogens with one attached hydrogen (secondary N) is 1. The second kappa shape index (κ2) is 9.17. The van der Waals surface area contributed by atoms with Gasteiger partial charge in [-0.05, 0) is 38.1 Å². The molecule has 0 aliphatic rings. The first-order valence-electron chi connectivity index (χ1n) is 8.84. The van der Waals surface area contributed by atoms with Crippen LogP contribution >= 0.6 is 23.4 Å². The Morgan fingerprint density at radius 3 is 2.89 bits per heavy atom. The molecular formula is C21H22ClN3O2S. The predicted molar refractivity (Wildman–Crippen MR) is 114 cm³/mol. The van der Waals surface area contributed by atoms with Gasteiger partial charge in [-0.25, -0.2) is 4.98 Å². The summed E-state index contributed by atoms with van der Waals surface area (Å²) in [5.41, 5.74) is 2.99. The maximum absolute atomic E-state index is 12.5. The van der Waals surface area contributed by atoms with Crippen molar-refractivity contribution in [2.24, 2.45) is 0 Å². The summed E-state index contributed by atoms with van der Waals surface area (Å²) in [5, 5.41) is 4.42. The van der Waals surface area contributed by atoms with Crippen molar-refractivity contribution >= 4 is 29.3 Å². The highest BCUT2D eigenvalue weighted by Gasteiger charge is 2.15. The first-order chi connectivity index (χ1) is 13.5. The van der Waals surface area contributed by atoms with Crippen molar-refractivity contribution < 1.29 is 9.53 Å². The molecule has 1 heterocycles. The summed E-state index contributed by atoms with van der Waals surface area (Å²) in [5.74, 6) is 0.958. The average Bonchev–Trinajstić information content (AvgIpc) is 3.15. The lowest BCUT2D eigenvalue weighted by atomic mass is 10.0. The molecule has 3 aromatic rings. The molecule has 0 radical (unpaired) electrons. The summed E-state index contributed by atoms with van der Waals surface area (Å²) in [4.78, 5) is 16.8. The molecule has 0 spiro atoms. The number of amides is 1. The fourth-order valence-corrected chi connectivity index (χ4v) is 3.87. The quantitative estimate of drug-likeness (QED) is 0.562. The number of methoxy groups -OCH3 is 1. The van der Waals surface area contributed by atoms with E-state index in [1.54, 1.807) is 13.3 Å². The molecule has 0 fully saturated rings. The molecule has 1 aromatic heterocycles. The van der Waals surface area contributed by atoms with Gasteiger partial charge in [0.15, 0.2) is 5.16 Å². The van der Waals surface area contributed by atoms with Crippen LogP contribution in [0.4, 0.5) is 0 Å². The van der Waals surface area contributed by atoms with Crippen LogP contribution in [-0.4, -0.2) is 28.3 Å². The van der Waals surface area contributed by atoms with Crippen LogP contribution in [0.15, 0.2) is 60.0 Å². The predicted octanol–water partition coefficient (Wildman–Crippen LogP) is 4.81. The number of ether oxygens (including phenoxy) is 1. The van der Waals surface area contributed by atoms with E-state index in [1.165, 1.54) is 11.8 Å². The van der Waals surface area contributed by atoms with Crippen LogP contribution in [0.1, 0.15) is 24.1 Å². The zero-order valence-corrected chi connectivity index (χ0v) is 17.6. The van der Waals surface area contributed by atoms with E-state index in [0.717, 1.165) is 27.7 Å². The van der Waals surface area contributed by atoms with Crippen molar-refractivity contribution in [3.05, 3.63) is 71.0 Å². The normalized spacial score (nSPS) is 11.9. The Labute approximate surface area is 174 Å². The van der Waals surface area contributed by atoms with E-state index in [4.69, 9.17) is 16.3 Å². The van der Waals surface area contributed by atoms with Crippen LogP contribution in [0.5, 0.6) is 5.75 Å². The SMILES string of the molecule is COc1ccc(C)cc1[C@H](C)NC(=O)CSc1nccn1-c1cccc(Cl)c1. The summed E-state index contributed by atoms with van der Waals surface area (Å²) in [6, 6.07) is 13.3. The first-order valence-corrected chi connectivity index (χ1v) is 10.2. The van der Waals surface area contributed by atoms with E-state index in [2.05, 4.69) is 10.3 Å². The van der Waals surface area contributed by atoms with Gasteiger partial charge in [0, 0.05) is 28.7 Å². The highest BCUT2D eigenvalue weighted by Crippen LogP contribution is 2.27. The Hall–Kier alpha value is -2.44. The molecule has 1 N–H and O–H groups in total. The molecule has 0 unspecified atom stereocenters. The van der Waals surface area contributed by atoms with E-state index < -0.39 is 0 Å². The molecule has 0 aliphatic heterocycles. The Balaban J connectivity index is 1.64. The molecule has 7 heteroatoms. The summed E-state index contributed by atoms with van der Waals surface area (Å²) in [6.45, 7) is 3.97. The Bertz CT molecular complexity index is 974. The van der Waals surface area contributed by atoms with E-state index >= 15 is 0 Å². The lowest BCUT2D eigenvalue weighted by Gasteiger charge is -2.18. The number of hydrogen-bond acceptors (Lipinski definition) is 4. The van der Waals surface area contributed by atoms with E-state index in [9.17, 15) is 4.79 Å². The number of benzene rings is 2. The lowest BCUT2D eigenvalue weighted by Crippen LogP contribution is -2.28. The summed E-state index contributed by atoms with van der Waals surface area (Å²) >= 11 is 7.46. The van der Waals surface area contributed by atoms with Crippen molar-refractivity contribution in [3.63, 3.8) is 0 Å². The van der Waals surface area contributed by atoms with Gasteiger partial charge in [-0.2, -0.15) is 0 Å². The maximum Gasteiger partial charge on any atom is 0.230 e. The monoisotopic (exact) mass is 415 g/mol. The number of aryl methyl sites for hydroxylation is 1. The maximum atomic E-state index is 12.5. The van der Waals surface area contributed by atoms with Crippen molar-refractivity contribution in [1.82, 2.24) is 14.9 Å². The van der Waals surface area contributed by atoms with Gasteiger partial charge in [0.1, 0.15) is 5.75 Å². The lowest BCUT2D eigenvalue weighted by molar-refractivity contribution is -0.119. The number of halogens is 1. The van der Waals surface area contributed by atoms with Gasteiger partial charge < -0.3 is 10.1 Å². The Morgan fingerprint density at radius 1 is 1.32 bits per heavy atom. The van der Waals surface area contributed by atoms with E-state index in [1.807, 2.05) is 67.1 Å². The highest BCUT2D eigenvalue weighted by atomic mass is 35.5. The highest BCUT2D eigenvalue weighted by molar-refractivity contribution is 7.99. The number of carbonyl (C=O) groups excluding carboxylic acids is 1. The van der Waals surface area contributed by atoms with Crippen molar-refractivity contribution in [2.45, 2.75) is 25.0 Å². The van der Waals surface area contributed by atoms with Gasteiger partial charge in [-0.15, -0.1) is 0 Å². The van der Waals surface area contributed by atoms with Crippen LogP contribution < -0.4 is 10.1 Å². The summed E-state index contributed by atoms with van der Waals surface area (Å²) in [6.07, 6.45) is 3.56. The number of nitrogens with zero attached hydrogens (tertiary/aromatic N) is 2. The molecule has 2 aromatic carbocycles. The molecule has 0 aliphatic carbocycles. The third kappa shape index (κ3) is 4.88. The van der Waals surface area contributed by atoms with E-state index in [0.29, 0.717) is 5.02 Å². The molecule has 3 rings (SSSR count). The van der Waals surface area contributed by atoms with Gasteiger partial charge >= 0.3 is 0 Å². The second-order valence-electron chi connectivity index (χ2n) is 6.38. The number of thioether (sulfide) groups is 1. The number of imidazole rings is 1. The Morgan fingerprint density at radius 2 is 2.14 bits per heavy atom. The zero-order chi connectivity index (χ0) is 20.1. The van der Waals surface area contributed by atoms with Crippen molar-refractivity contribution in [2.75, 3.05) is 12.9 Å². The number of rotatable bonds is 7. The molecule has 0 saturated carbocycles. The van der Waals surface area contributed by atoms with Crippen LogP contribution in [0, 0.1) is 6.92 Å². The second-order valence-corrected chi connectivity index (χ2v) is 7.76. The fraction of sp³-hybridized carbons (Fsp3) is 0.238. The number of carbonyl (C=O) groups is 1. The minimum Gasteiger partial charge on any atom is -0.496 e. The van der Waals surface area contributed by atoms with Gasteiger partial charge in [0.25, 0.3) is 0 Å². The minimum absolute atomic E-state index is 0.0679. The smallest absolute Gasteiger partial charge is 0.230 e. The molecule has 0 bridgehead atoms. The minimum atomic E-state index is -0.157. The van der Waals surface area contributed by atoms with Crippen molar-refractivity contribution in [1.29, 1.82) is 0 Å². The standard InChI is InChI=1S/C21H22ClN3O2S/c1-14-7-8-19(27-3)18(11-14)15(2)24-20(26)13-28-21-23-9-10-25(21)17-6-4-5-16(22)12-17/h4-12,15H,13H2,1-3H3,(H,24,26)/t15-/m0/s1. The van der Waals surface area contributed by atoms with Crippen LogP contribution in [0.3, 0.4) is 0 Å². The molecule has 28 heavy (non-hydrogen) atoms. The molecule has 0 saturated heterocycles. The van der Waals surface area contributed by atoms with Gasteiger partial charge in [-0.1, -0.05) is 47.1 Å². The van der Waals surface area contributed by atoms with Gasteiger partial charge in [0.05, 0.1) is 18.9 Å². The largest absolute Gasteiger partial charge is 0.496 e. The topological polar surface area (TPSA) is 56.1 Å². The van der Waals surface area contributed by atoms with Gasteiger partial charge in [0.2, 0.25) is 5.91 Å². The first kappa shape index (κ1) is 20.3. The van der Waals surface area contributed by atoms with Crippen LogP contribution in [0.25, 0.3) is 5.69 Å². The molecule has 146 valence electrons. The van der Waals surface area contributed by atoms with Crippen LogP contribution in [-0.2, 0) is 4.79 Å². The summed E-state index contributed by atoms with van der Waals surface area (Å²) < 4.78 is 7.33. The van der Waals surface area contributed by atoms with E-state index in [-0.39, 0.29) is 17.7 Å². The molecule has 1 atom stereocenters. The van der Waals surface area contributed by atoms with Gasteiger partial charge in [-0.3, -0.25) is 9.36 Å². The third-order valence-electron chi connectivity index (χ3n) is 4.25. The Kier molecular flexibility index (Phi) is 6.65. The molecule has 1 amide bonds. The van der Waals surface area contributed by atoms with Crippen LogP contribution in [0.2, 0.25) is 5.02 Å². The molecule has 5 nitrogen and oxygen atoms in total. The number of hydrogen-bond donors (Lipinski definition) is 1. The third-order valence-corrected chi connectivity index (χ3v) is 5.46. The fourth-order valence-electron chi connectivity index (χ4n) is 2.90.